The second kappa shape index (κ2) is 7.54. The van der Waals surface area contributed by atoms with E-state index in [0.29, 0.717) is 0 Å². The highest BCUT2D eigenvalue weighted by Gasteiger charge is 2.09. The molecule has 1 aromatic heterocycles. The van der Waals surface area contributed by atoms with Gasteiger partial charge in [0.1, 0.15) is 0 Å². The van der Waals surface area contributed by atoms with Gasteiger partial charge in [0.15, 0.2) is 0 Å². The molecule has 1 heterocycles. The average Bonchev–Trinajstić information content (AvgIpc) is 2.78. The Morgan fingerprint density at radius 2 is 1.45 bits per heavy atom. The summed E-state index contributed by atoms with van der Waals surface area (Å²) in [6.07, 6.45) is 4.30. The molecule has 0 spiro atoms. The highest BCUT2D eigenvalue weighted by atomic mass is 35.5. The molecular formula is C27H18ClN. The summed E-state index contributed by atoms with van der Waals surface area (Å²) in [5, 5.41) is 4.35. The van der Waals surface area contributed by atoms with Crippen LogP contribution in [-0.4, -0.2) is 4.98 Å². The summed E-state index contributed by atoms with van der Waals surface area (Å²) in [5.41, 5.74) is 5.36. The van der Waals surface area contributed by atoms with Crippen LogP contribution in [0.3, 0.4) is 0 Å². The van der Waals surface area contributed by atoms with Gasteiger partial charge in [-0.15, -0.1) is 0 Å². The van der Waals surface area contributed by atoms with Gasteiger partial charge in [0.25, 0.3) is 0 Å². The lowest BCUT2D eigenvalue weighted by atomic mass is 9.98. The molecule has 0 aliphatic rings. The maximum Gasteiger partial charge on any atom is 0.0722 e. The number of pyridine rings is 1. The van der Waals surface area contributed by atoms with Gasteiger partial charge in [-0.2, -0.15) is 0 Å². The Morgan fingerprint density at radius 1 is 0.690 bits per heavy atom. The summed E-state index contributed by atoms with van der Waals surface area (Å²) < 4.78 is 0. The Bertz CT molecular complexity index is 1340. The molecular weight excluding hydrogens is 374 g/mol. The SMILES string of the molecule is Clc1ccc(C=Cc2cc(-c3ccccc3)nc3ccc4ccccc4c23)cc1. The number of aromatic nitrogens is 1. The van der Waals surface area contributed by atoms with Gasteiger partial charge in [0, 0.05) is 16.0 Å². The average molecular weight is 392 g/mol. The second-order valence-electron chi connectivity index (χ2n) is 7.03. The first-order valence-electron chi connectivity index (χ1n) is 9.59. The molecule has 0 amide bonds. The maximum atomic E-state index is 6.03. The first-order valence-corrected chi connectivity index (χ1v) is 9.97. The molecule has 0 saturated heterocycles. The molecule has 5 aromatic rings. The van der Waals surface area contributed by atoms with Gasteiger partial charge in [-0.05, 0) is 46.2 Å². The van der Waals surface area contributed by atoms with Gasteiger partial charge in [-0.3, -0.25) is 0 Å². The molecule has 5 rings (SSSR count). The largest absolute Gasteiger partial charge is 0.248 e. The van der Waals surface area contributed by atoms with Gasteiger partial charge < -0.3 is 0 Å². The summed E-state index contributed by atoms with van der Waals surface area (Å²) in [5.74, 6) is 0. The predicted molar refractivity (Wildman–Crippen MR) is 125 cm³/mol. The van der Waals surface area contributed by atoms with E-state index in [9.17, 15) is 0 Å². The standard InChI is InChI=1S/C27H18ClN/c28-23-15-11-19(12-16-23)10-13-22-18-26(21-7-2-1-3-8-21)29-25-17-14-20-6-4-5-9-24(20)27(22)25/h1-18H. The van der Waals surface area contributed by atoms with Gasteiger partial charge in [0.05, 0.1) is 11.2 Å². The van der Waals surface area contributed by atoms with Gasteiger partial charge in [-0.25, -0.2) is 4.98 Å². The van der Waals surface area contributed by atoms with E-state index in [0.717, 1.165) is 32.9 Å². The fraction of sp³-hybridized carbons (Fsp3) is 0. The Labute approximate surface area is 174 Å². The molecule has 1 nitrogen and oxygen atoms in total. The molecule has 0 fully saturated rings. The summed E-state index contributed by atoms with van der Waals surface area (Å²) in [6, 6.07) is 33.1. The van der Waals surface area contributed by atoms with Crippen LogP contribution in [0.2, 0.25) is 5.02 Å². The summed E-state index contributed by atoms with van der Waals surface area (Å²) >= 11 is 6.03. The monoisotopic (exact) mass is 391 g/mol. The molecule has 0 aliphatic carbocycles. The van der Waals surface area contributed by atoms with Crippen molar-refractivity contribution in [1.82, 2.24) is 4.98 Å². The van der Waals surface area contributed by atoms with Gasteiger partial charge >= 0.3 is 0 Å². The third-order valence-electron chi connectivity index (χ3n) is 5.12. The third kappa shape index (κ3) is 3.53. The van der Waals surface area contributed by atoms with Crippen LogP contribution in [0.5, 0.6) is 0 Å². The molecule has 2 heteroatoms. The highest BCUT2D eigenvalue weighted by molar-refractivity contribution is 6.30. The van der Waals surface area contributed by atoms with Crippen LogP contribution >= 0.6 is 11.6 Å². The van der Waals surface area contributed by atoms with Gasteiger partial charge in [-0.1, -0.05) is 96.5 Å². The van der Waals surface area contributed by atoms with Crippen LogP contribution in [0.15, 0.2) is 97.1 Å². The Kier molecular flexibility index (Phi) is 4.59. The van der Waals surface area contributed by atoms with Crippen LogP contribution in [0, 0.1) is 0 Å². The molecule has 0 unspecified atom stereocenters. The van der Waals surface area contributed by atoms with Crippen LogP contribution in [0.25, 0.3) is 45.1 Å². The fourth-order valence-electron chi connectivity index (χ4n) is 3.69. The molecule has 0 bridgehead atoms. The second-order valence-corrected chi connectivity index (χ2v) is 7.46. The molecule has 4 aromatic carbocycles. The zero-order valence-electron chi connectivity index (χ0n) is 15.7. The Morgan fingerprint density at radius 3 is 2.28 bits per heavy atom. The number of hydrogen-bond acceptors (Lipinski definition) is 1. The lowest BCUT2D eigenvalue weighted by molar-refractivity contribution is 1.40. The zero-order valence-corrected chi connectivity index (χ0v) is 16.5. The van der Waals surface area contributed by atoms with E-state index in [-0.39, 0.29) is 0 Å². The van der Waals surface area contributed by atoms with E-state index in [1.54, 1.807) is 0 Å². The smallest absolute Gasteiger partial charge is 0.0722 e. The minimum Gasteiger partial charge on any atom is -0.248 e. The van der Waals surface area contributed by atoms with Crippen molar-refractivity contribution in [3.63, 3.8) is 0 Å². The van der Waals surface area contributed by atoms with Crippen molar-refractivity contribution in [2.75, 3.05) is 0 Å². The molecule has 29 heavy (non-hydrogen) atoms. The maximum absolute atomic E-state index is 6.03. The van der Waals surface area contributed by atoms with Crippen molar-refractivity contribution in [1.29, 1.82) is 0 Å². The molecule has 0 saturated carbocycles. The minimum absolute atomic E-state index is 0.744. The molecule has 138 valence electrons. The minimum atomic E-state index is 0.744. The number of benzene rings is 4. The van der Waals surface area contributed by atoms with Crippen molar-refractivity contribution in [2.45, 2.75) is 0 Å². The number of fused-ring (bicyclic) bond motifs is 3. The molecule has 0 atom stereocenters. The number of halogens is 1. The van der Waals surface area contributed by atoms with Crippen LogP contribution in [0.4, 0.5) is 0 Å². The van der Waals surface area contributed by atoms with Crippen molar-refractivity contribution in [3.05, 3.63) is 113 Å². The first-order chi connectivity index (χ1) is 14.3. The lowest BCUT2D eigenvalue weighted by Crippen LogP contribution is -1.90. The van der Waals surface area contributed by atoms with E-state index >= 15 is 0 Å². The fourth-order valence-corrected chi connectivity index (χ4v) is 3.81. The molecule has 0 aliphatic heterocycles. The summed E-state index contributed by atoms with van der Waals surface area (Å²) in [7, 11) is 0. The third-order valence-corrected chi connectivity index (χ3v) is 5.38. The van der Waals surface area contributed by atoms with Crippen molar-refractivity contribution < 1.29 is 0 Å². The van der Waals surface area contributed by atoms with Crippen LogP contribution < -0.4 is 0 Å². The topological polar surface area (TPSA) is 12.9 Å². The number of rotatable bonds is 3. The highest BCUT2D eigenvalue weighted by Crippen LogP contribution is 2.32. The van der Waals surface area contributed by atoms with Crippen molar-refractivity contribution in [2.24, 2.45) is 0 Å². The van der Waals surface area contributed by atoms with Crippen molar-refractivity contribution >= 4 is 45.4 Å². The number of nitrogens with zero attached hydrogens (tertiary/aromatic N) is 1. The van der Waals surface area contributed by atoms with Gasteiger partial charge in [0.2, 0.25) is 0 Å². The number of hydrogen-bond donors (Lipinski definition) is 0. The molecule has 0 radical (unpaired) electrons. The Balaban J connectivity index is 1.75. The Hall–Kier alpha value is -3.42. The van der Waals surface area contributed by atoms with Crippen molar-refractivity contribution in [3.8, 4) is 11.3 Å². The lowest BCUT2D eigenvalue weighted by Gasteiger charge is -2.10. The van der Waals surface area contributed by atoms with E-state index in [2.05, 4.69) is 66.7 Å². The van der Waals surface area contributed by atoms with E-state index in [1.165, 1.54) is 16.2 Å². The summed E-state index contributed by atoms with van der Waals surface area (Å²) in [4.78, 5) is 4.97. The molecule has 0 N–H and O–H groups in total. The zero-order chi connectivity index (χ0) is 19.6. The van der Waals surface area contributed by atoms with E-state index < -0.39 is 0 Å². The quantitative estimate of drug-likeness (QED) is 0.285. The van der Waals surface area contributed by atoms with Crippen LogP contribution in [-0.2, 0) is 0 Å². The normalized spacial score (nSPS) is 11.5. The summed E-state index contributed by atoms with van der Waals surface area (Å²) in [6.45, 7) is 0. The first kappa shape index (κ1) is 17.7. The van der Waals surface area contributed by atoms with E-state index in [1.807, 2.05) is 42.5 Å². The predicted octanol–water partition coefficient (Wildman–Crippen LogP) is 7.88. The van der Waals surface area contributed by atoms with E-state index in [4.69, 9.17) is 16.6 Å². The van der Waals surface area contributed by atoms with Crippen LogP contribution in [0.1, 0.15) is 11.1 Å².